The summed E-state index contributed by atoms with van der Waals surface area (Å²) in [5, 5.41) is 55.1. The van der Waals surface area contributed by atoms with Gasteiger partial charge < -0.3 is 39.7 Å². The first-order valence-electron chi connectivity index (χ1n) is 17.3. The number of esters is 1. The highest BCUT2D eigenvalue weighted by Crippen LogP contribution is 2.30. The average Bonchev–Trinajstić information content (AvgIpc) is 3.05. The molecule has 0 spiro atoms. The third kappa shape index (κ3) is 13.1. The normalized spacial score (nSPS) is 35.0. The van der Waals surface area contributed by atoms with E-state index in [1.165, 1.54) is 20.3 Å². The fourth-order valence-corrected chi connectivity index (χ4v) is 6.30. The van der Waals surface area contributed by atoms with Gasteiger partial charge in [-0.05, 0) is 45.6 Å². The van der Waals surface area contributed by atoms with E-state index in [0.29, 0.717) is 18.4 Å². The topological polar surface area (TPSA) is 146 Å². The van der Waals surface area contributed by atoms with E-state index in [0.717, 1.165) is 5.57 Å². The van der Waals surface area contributed by atoms with Crippen LogP contribution in [-0.4, -0.2) is 88.4 Å². The largest absolute Gasteiger partial charge is 0.490 e. The summed E-state index contributed by atoms with van der Waals surface area (Å²) in [7, 11) is 2.86. The highest BCUT2D eigenvalue weighted by atomic mass is 16.6. The summed E-state index contributed by atoms with van der Waals surface area (Å²) in [5.74, 6) is -3.21. The Labute approximate surface area is 289 Å². The monoisotopic (exact) mass is 676 g/mol. The Kier molecular flexibility index (Phi) is 19.5. The Balaban J connectivity index is 3.58. The number of rotatable bonds is 11. The number of cyclic esters (lactones) is 1. The maximum absolute atomic E-state index is 13.6. The molecule has 9 nitrogen and oxygen atoms in total. The molecule has 0 aliphatic carbocycles. The third-order valence-electron chi connectivity index (χ3n) is 9.62. The zero-order valence-electron chi connectivity index (χ0n) is 31.0. The Hall–Kier alpha value is -2.53. The van der Waals surface area contributed by atoms with Crippen LogP contribution < -0.4 is 0 Å². The van der Waals surface area contributed by atoms with E-state index in [2.05, 4.69) is 0 Å². The van der Waals surface area contributed by atoms with Crippen LogP contribution in [0.2, 0.25) is 0 Å². The Morgan fingerprint density at radius 1 is 1.00 bits per heavy atom. The number of methoxy groups -OCH3 is 2. The molecule has 0 saturated heterocycles. The van der Waals surface area contributed by atoms with Gasteiger partial charge in [0.25, 0.3) is 0 Å². The van der Waals surface area contributed by atoms with Gasteiger partial charge in [0.05, 0.1) is 37.6 Å². The molecule has 13 unspecified atom stereocenters. The molecule has 0 radical (unpaired) electrons. The SMILES string of the molecule is C/C=C/C(O)C(C)/C=C/C(O)C(C)C(O)C(C)C1OC(=O)/C(OC)=C/C(C)=C/C(C)C(O)C(CC)C(O)C(C)C/C(C)=C/C=C/C1OC. The maximum atomic E-state index is 13.6. The highest BCUT2D eigenvalue weighted by molar-refractivity contribution is 5.87. The van der Waals surface area contributed by atoms with Gasteiger partial charge in [-0.1, -0.05) is 101 Å². The molecule has 1 aliphatic rings. The summed E-state index contributed by atoms with van der Waals surface area (Å²) >= 11 is 0. The molecule has 13 atom stereocenters. The summed E-state index contributed by atoms with van der Waals surface area (Å²) in [6, 6.07) is 0. The Bertz CT molecular complexity index is 1150. The van der Waals surface area contributed by atoms with Crippen molar-refractivity contribution >= 4 is 5.97 Å². The van der Waals surface area contributed by atoms with E-state index in [9.17, 15) is 30.3 Å². The third-order valence-corrected chi connectivity index (χ3v) is 9.62. The molecule has 0 bridgehead atoms. The Morgan fingerprint density at radius 3 is 2.21 bits per heavy atom. The predicted octanol–water partition coefficient (Wildman–Crippen LogP) is 5.44. The van der Waals surface area contributed by atoms with Gasteiger partial charge in [0.1, 0.15) is 12.2 Å². The molecular weight excluding hydrogens is 612 g/mol. The van der Waals surface area contributed by atoms with Gasteiger partial charge in [-0.3, -0.25) is 0 Å². The van der Waals surface area contributed by atoms with Crippen LogP contribution in [0.4, 0.5) is 0 Å². The molecular formula is C39H64O9. The van der Waals surface area contributed by atoms with Crippen molar-refractivity contribution in [3.8, 4) is 0 Å². The number of aliphatic hydroxyl groups excluding tert-OH is 5. The van der Waals surface area contributed by atoms with Crippen LogP contribution in [0.25, 0.3) is 0 Å². The molecule has 9 heteroatoms. The minimum absolute atomic E-state index is 0.0711. The van der Waals surface area contributed by atoms with Crippen molar-refractivity contribution in [3.63, 3.8) is 0 Å². The van der Waals surface area contributed by atoms with Gasteiger partial charge >= 0.3 is 5.97 Å². The molecule has 0 aromatic carbocycles. The van der Waals surface area contributed by atoms with E-state index >= 15 is 0 Å². The predicted molar refractivity (Wildman–Crippen MR) is 191 cm³/mol. The summed E-state index contributed by atoms with van der Waals surface area (Å²) in [4.78, 5) is 13.6. The van der Waals surface area contributed by atoms with Crippen molar-refractivity contribution in [3.05, 3.63) is 71.6 Å². The first-order chi connectivity index (χ1) is 22.5. The lowest BCUT2D eigenvalue weighted by molar-refractivity contribution is -0.162. The summed E-state index contributed by atoms with van der Waals surface area (Å²) in [6.07, 6.45) is 10.6. The highest BCUT2D eigenvalue weighted by Gasteiger charge is 2.38. The van der Waals surface area contributed by atoms with Crippen molar-refractivity contribution < 1.29 is 44.5 Å². The first-order valence-corrected chi connectivity index (χ1v) is 17.3. The molecule has 0 aromatic rings. The van der Waals surface area contributed by atoms with Crippen molar-refractivity contribution in [2.75, 3.05) is 14.2 Å². The van der Waals surface area contributed by atoms with Crippen LogP contribution in [0.5, 0.6) is 0 Å². The summed E-state index contributed by atoms with van der Waals surface area (Å²) in [5.41, 5.74) is 1.67. The molecule has 1 heterocycles. The summed E-state index contributed by atoms with van der Waals surface area (Å²) < 4.78 is 17.3. The molecule has 0 amide bonds. The van der Waals surface area contributed by atoms with Gasteiger partial charge in [-0.25, -0.2) is 4.79 Å². The lowest BCUT2D eigenvalue weighted by Gasteiger charge is -2.35. The van der Waals surface area contributed by atoms with Gasteiger partial charge in [0.2, 0.25) is 5.76 Å². The molecule has 0 aromatic heterocycles. The van der Waals surface area contributed by atoms with Crippen LogP contribution in [0.1, 0.15) is 75.2 Å². The molecule has 0 saturated carbocycles. The fraction of sp³-hybridized carbons (Fsp3) is 0.667. The lowest BCUT2D eigenvalue weighted by Crippen LogP contribution is -2.46. The quantitative estimate of drug-likeness (QED) is 0.143. The van der Waals surface area contributed by atoms with Crippen molar-refractivity contribution in [2.24, 2.45) is 35.5 Å². The fourth-order valence-electron chi connectivity index (χ4n) is 6.30. The number of ether oxygens (including phenoxy) is 3. The number of hydrogen-bond acceptors (Lipinski definition) is 9. The average molecular weight is 677 g/mol. The van der Waals surface area contributed by atoms with Crippen molar-refractivity contribution in [1.29, 1.82) is 0 Å². The van der Waals surface area contributed by atoms with E-state index < -0.39 is 60.5 Å². The second-order valence-corrected chi connectivity index (χ2v) is 13.6. The summed E-state index contributed by atoms with van der Waals surface area (Å²) in [6.45, 7) is 16.7. The number of aliphatic hydroxyl groups is 5. The lowest BCUT2D eigenvalue weighted by atomic mass is 9.79. The molecule has 0 fully saturated rings. The van der Waals surface area contributed by atoms with Crippen LogP contribution in [0, 0.1) is 35.5 Å². The minimum Gasteiger partial charge on any atom is -0.490 e. The maximum Gasteiger partial charge on any atom is 0.373 e. The first kappa shape index (κ1) is 43.5. The molecule has 48 heavy (non-hydrogen) atoms. The Morgan fingerprint density at radius 2 is 1.65 bits per heavy atom. The number of carbonyl (C=O) groups excluding carboxylic acids is 1. The van der Waals surface area contributed by atoms with E-state index in [4.69, 9.17) is 14.2 Å². The minimum atomic E-state index is -1.12. The van der Waals surface area contributed by atoms with Gasteiger partial charge in [-0.2, -0.15) is 0 Å². The smallest absolute Gasteiger partial charge is 0.373 e. The molecule has 1 aliphatic heterocycles. The second-order valence-electron chi connectivity index (χ2n) is 13.6. The zero-order chi connectivity index (χ0) is 36.7. The van der Waals surface area contributed by atoms with Gasteiger partial charge in [0.15, 0.2) is 0 Å². The number of hydrogen-bond donors (Lipinski definition) is 5. The molecule has 1 rings (SSSR count). The van der Waals surface area contributed by atoms with Crippen molar-refractivity contribution in [1.82, 2.24) is 0 Å². The van der Waals surface area contributed by atoms with Crippen LogP contribution >= 0.6 is 0 Å². The molecule has 274 valence electrons. The van der Waals surface area contributed by atoms with E-state index in [-0.39, 0.29) is 29.4 Å². The molecule has 5 N–H and O–H groups in total. The standard InChI is InChI=1S/C39H64O9/c1-12-15-31(40)25(5)18-19-32(41)28(8)37(44)29(9)38-33(46-10)17-14-16-23(3)20-26(6)35(42)30(13-2)36(43)27(7)21-24(4)22-34(47-11)39(45)48-38/h12,14-19,21-22,25-33,35-38,40-44H,13,20H2,1-11H3/b15-12+,17-14+,19-18+,23-16+,24-21+,34-22-. The number of allylic oxidation sites excluding steroid dienone is 6. The van der Waals surface area contributed by atoms with E-state index in [1.54, 1.807) is 57.2 Å². The van der Waals surface area contributed by atoms with Crippen LogP contribution in [0.15, 0.2) is 71.6 Å². The zero-order valence-corrected chi connectivity index (χ0v) is 31.0. The van der Waals surface area contributed by atoms with Gasteiger partial charge in [-0.15, -0.1) is 0 Å². The van der Waals surface area contributed by atoms with Gasteiger partial charge in [0, 0.05) is 36.7 Å². The van der Waals surface area contributed by atoms with Crippen LogP contribution in [-0.2, 0) is 19.0 Å². The number of carbonyl (C=O) groups is 1. The second kappa shape index (κ2) is 21.5. The van der Waals surface area contributed by atoms with Crippen molar-refractivity contribution in [2.45, 2.75) is 118 Å². The van der Waals surface area contributed by atoms with Crippen LogP contribution in [0.3, 0.4) is 0 Å². The van der Waals surface area contributed by atoms with E-state index in [1.807, 2.05) is 53.7 Å².